The van der Waals surface area contributed by atoms with Crippen LogP contribution in [-0.2, 0) is 20.7 Å². The fourth-order valence-electron chi connectivity index (χ4n) is 1.72. The van der Waals surface area contributed by atoms with Crippen LogP contribution in [0.3, 0.4) is 0 Å². The molecule has 0 fully saturated rings. The molecule has 1 aromatic carbocycles. The first-order chi connectivity index (χ1) is 9.06. The highest BCUT2D eigenvalue weighted by Gasteiger charge is 2.17. The Kier molecular flexibility index (Phi) is 6.56. The van der Waals surface area contributed by atoms with Gasteiger partial charge < -0.3 is 9.64 Å². The van der Waals surface area contributed by atoms with Crippen molar-refractivity contribution < 1.29 is 14.3 Å². The lowest BCUT2D eigenvalue weighted by molar-refractivity contribution is -0.146. The summed E-state index contributed by atoms with van der Waals surface area (Å²) in [6, 6.07) is 7.59. The van der Waals surface area contributed by atoms with Gasteiger partial charge in [-0.1, -0.05) is 35.0 Å². The summed E-state index contributed by atoms with van der Waals surface area (Å²) < 4.78 is 5.54. The van der Waals surface area contributed by atoms with Crippen LogP contribution < -0.4 is 0 Å². The molecule has 0 heterocycles. The van der Waals surface area contributed by atoms with Crippen LogP contribution in [0.25, 0.3) is 0 Å². The van der Waals surface area contributed by atoms with Gasteiger partial charge in [0.15, 0.2) is 0 Å². The smallest absolute Gasteiger partial charge is 0.325 e. The molecule has 1 amide bonds. The third-order valence-electron chi connectivity index (χ3n) is 2.64. The van der Waals surface area contributed by atoms with Crippen LogP contribution in [0, 0.1) is 0 Å². The molecule has 0 N–H and O–H groups in total. The minimum Gasteiger partial charge on any atom is -0.468 e. The molecule has 5 heteroatoms. The number of hydrogen-bond donors (Lipinski definition) is 0. The second-order valence-electron chi connectivity index (χ2n) is 4.20. The Hall–Kier alpha value is -1.36. The molecule has 0 unspecified atom stereocenters. The number of halogens is 1. The van der Waals surface area contributed by atoms with Gasteiger partial charge in [0, 0.05) is 11.0 Å². The van der Waals surface area contributed by atoms with E-state index >= 15 is 0 Å². The number of carbonyl (C=O) groups excluding carboxylic acids is 2. The molecular weight excluding hydrogens is 310 g/mol. The zero-order chi connectivity index (χ0) is 14.3. The zero-order valence-corrected chi connectivity index (χ0v) is 12.8. The zero-order valence-electron chi connectivity index (χ0n) is 11.2. The second kappa shape index (κ2) is 7.94. The Balaban J connectivity index is 2.68. The van der Waals surface area contributed by atoms with Crippen LogP contribution in [0.15, 0.2) is 28.7 Å². The molecule has 0 spiro atoms. The fraction of sp³-hybridized carbons (Fsp3) is 0.429. The van der Waals surface area contributed by atoms with Gasteiger partial charge in [-0.25, -0.2) is 0 Å². The van der Waals surface area contributed by atoms with Gasteiger partial charge in [-0.05, 0) is 24.1 Å². The number of esters is 1. The van der Waals surface area contributed by atoms with Crippen molar-refractivity contribution >= 4 is 27.8 Å². The number of benzene rings is 1. The van der Waals surface area contributed by atoms with Crippen molar-refractivity contribution in [1.29, 1.82) is 0 Å². The predicted octanol–water partition coefficient (Wildman–Crippen LogP) is 2.40. The van der Waals surface area contributed by atoms with Crippen LogP contribution >= 0.6 is 15.9 Å². The van der Waals surface area contributed by atoms with Gasteiger partial charge in [0.25, 0.3) is 0 Å². The van der Waals surface area contributed by atoms with Crippen LogP contribution in [-0.4, -0.2) is 37.0 Å². The quantitative estimate of drug-likeness (QED) is 0.754. The maximum absolute atomic E-state index is 12.2. The second-order valence-corrected chi connectivity index (χ2v) is 5.11. The number of amides is 1. The highest BCUT2D eigenvalue weighted by Crippen LogP contribution is 2.13. The fourth-order valence-corrected chi connectivity index (χ4v) is 2.16. The molecule has 0 saturated heterocycles. The van der Waals surface area contributed by atoms with Gasteiger partial charge in [-0.3, -0.25) is 9.59 Å². The first-order valence-electron chi connectivity index (χ1n) is 6.15. The summed E-state index contributed by atoms with van der Waals surface area (Å²) >= 11 is 3.37. The highest BCUT2D eigenvalue weighted by molar-refractivity contribution is 9.10. The average molecular weight is 328 g/mol. The van der Waals surface area contributed by atoms with E-state index in [0.29, 0.717) is 6.54 Å². The molecule has 0 aromatic heterocycles. The van der Waals surface area contributed by atoms with Crippen molar-refractivity contribution in [2.75, 3.05) is 20.2 Å². The number of methoxy groups -OCH3 is 1. The van der Waals surface area contributed by atoms with Crippen LogP contribution in [0.4, 0.5) is 0 Å². The van der Waals surface area contributed by atoms with E-state index in [9.17, 15) is 9.59 Å². The third-order valence-corrected chi connectivity index (χ3v) is 3.13. The van der Waals surface area contributed by atoms with Crippen molar-refractivity contribution in [3.8, 4) is 0 Å². The maximum Gasteiger partial charge on any atom is 0.325 e. The van der Waals surface area contributed by atoms with Gasteiger partial charge in [0.1, 0.15) is 6.54 Å². The Bertz CT molecular complexity index is 448. The molecule has 0 atom stereocenters. The van der Waals surface area contributed by atoms with Gasteiger partial charge in [0.05, 0.1) is 13.5 Å². The van der Waals surface area contributed by atoms with Crippen LogP contribution in [0.5, 0.6) is 0 Å². The molecule has 0 aliphatic carbocycles. The van der Waals surface area contributed by atoms with E-state index < -0.39 is 5.97 Å². The van der Waals surface area contributed by atoms with E-state index in [1.54, 1.807) is 0 Å². The molecule has 0 radical (unpaired) electrons. The number of carbonyl (C=O) groups is 2. The molecule has 1 aromatic rings. The molecule has 1 rings (SSSR count). The molecule has 0 aliphatic heterocycles. The third kappa shape index (κ3) is 5.42. The molecule has 0 aliphatic rings. The van der Waals surface area contributed by atoms with E-state index in [1.165, 1.54) is 12.0 Å². The normalized spacial score (nSPS) is 10.1. The molecular formula is C14H18BrNO3. The SMILES string of the molecule is CCCN(CC(=O)OC)C(=O)Cc1cccc(Br)c1. The van der Waals surface area contributed by atoms with Crippen molar-refractivity contribution in [2.24, 2.45) is 0 Å². The first kappa shape index (κ1) is 15.7. The lowest BCUT2D eigenvalue weighted by Crippen LogP contribution is -2.37. The minimum atomic E-state index is -0.393. The number of nitrogens with zero attached hydrogens (tertiary/aromatic N) is 1. The lowest BCUT2D eigenvalue weighted by Gasteiger charge is -2.20. The predicted molar refractivity (Wildman–Crippen MR) is 76.7 cm³/mol. The highest BCUT2D eigenvalue weighted by atomic mass is 79.9. The summed E-state index contributed by atoms with van der Waals surface area (Å²) in [4.78, 5) is 25.0. The standard InChI is InChI=1S/C14H18BrNO3/c1-3-7-16(10-14(18)19-2)13(17)9-11-5-4-6-12(15)8-11/h4-6,8H,3,7,9-10H2,1-2H3. The summed E-state index contributed by atoms with van der Waals surface area (Å²) in [7, 11) is 1.32. The van der Waals surface area contributed by atoms with Gasteiger partial charge in [-0.15, -0.1) is 0 Å². The molecule has 104 valence electrons. The van der Waals surface area contributed by atoms with Crippen molar-refractivity contribution in [1.82, 2.24) is 4.90 Å². The summed E-state index contributed by atoms with van der Waals surface area (Å²) in [5, 5.41) is 0. The molecule has 0 saturated carbocycles. The van der Waals surface area contributed by atoms with Crippen LogP contribution in [0.1, 0.15) is 18.9 Å². The number of hydrogen-bond acceptors (Lipinski definition) is 3. The molecule has 0 bridgehead atoms. The largest absolute Gasteiger partial charge is 0.468 e. The van der Waals surface area contributed by atoms with Crippen LogP contribution in [0.2, 0.25) is 0 Å². The maximum atomic E-state index is 12.2. The summed E-state index contributed by atoms with van der Waals surface area (Å²) in [5.74, 6) is -0.457. The van der Waals surface area contributed by atoms with Crippen molar-refractivity contribution in [3.63, 3.8) is 0 Å². The average Bonchev–Trinajstić information content (AvgIpc) is 2.38. The monoisotopic (exact) mass is 327 g/mol. The topological polar surface area (TPSA) is 46.6 Å². The molecule has 4 nitrogen and oxygen atoms in total. The van der Waals surface area contributed by atoms with Gasteiger partial charge >= 0.3 is 5.97 Å². The summed E-state index contributed by atoms with van der Waals surface area (Å²) in [5.41, 5.74) is 0.922. The first-order valence-corrected chi connectivity index (χ1v) is 6.95. The summed E-state index contributed by atoms with van der Waals surface area (Å²) in [6.07, 6.45) is 1.09. The van der Waals surface area contributed by atoms with Gasteiger partial charge in [0.2, 0.25) is 5.91 Å². The van der Waals surface area contributed by atoms with E-state index in [0.717, 1.165) is 16.5 Å². The van der Waals surface area contributed by atoms with E-state index in [2.05, 4.69) is 20.7 Å². The number of rotatable bonds is 6. The lowest BCUT2D eigenvalue weighted by atomic mass is 10.1. The van der Waals surface area contributed by atoms with Crippen molar-refractivity contribution in [2.45, 2.75) is 19.8 Å². The minimum absolute atomic E-state index is 0.0111. The van der Waals surface area contributed by atoms with Gasteiger partial charge in [-0.2, -0.15) is 0 Å². The van der Waals surface area contributed by atoms with E-state index in [-0.39, 0.29) is 18.9 Å². The Morgan fingerprint density at radius 1 is 1.37 bits per heavy atom. The Labute approximate surface area is 121 Å². The van der Waals surface area contributed by atoms with Crippen molar-refractivity contribution in [3.05, 3.63) is 34.3 Å². The number of ether oxygens (including phenoxy) is 1. The van der Waals surface area contributed by atoms with E-state index in [4.69, 9.17) is 0 Å². The molecule has 19 heavy (non-hydrogen) atoms. The van der Waals surface area contributed by atoms with E-state index in [1.807, 2.05) is 31.2 Å². The summed E-state index contributed by atoms with van der Waals surface area (Å²) in [6.45, 7) is 2.54. The Morgan fingerprint density at radius 3 is 2.68 bits per heavy atom. The Morgan fingerprint density at radius 2 is 2.11 bits per heavy atom.